The molecule has 2 rings (SSSR count). The van der Waals surface area contributed by atoms with Crippen LogP contribution in [0.15, 0.2) is 10.6 Å². The molecule has 0 aromatic carbocycles. The second kappa shape index (κ2) is 4.42. The van der Waals surface area contributed by atoms with Crippen molar-refractivity contribution in [2.45, 2.75) is 36.7 Å². The molecule has 82 valence electrons. The van der Waals surface area contributed by atoms with Crippen LogP contribution in [0.5, 0.6) is 0 Å². The van der Waals surface area contributed by atoms with Crippen molar-refractivity contribution in [1.29, 1.82) is 0 Å². The van der Waals surface area contributed by atoms with E-state index in [0.717, 1.165) is 12.8 Å². The number of thioether (sulfide) groups is 1. The molecule has 1 unspecified atom stereocenters. The summed E-state index contributed by atoms with van der Waals surface area (Å²) in [7, 11) is 0. The number of Topliss-reactive ketones (excluding diaryl/α,β-unsaturated/α-hetero) is 2. The van der Waals surface area contributed by atoms with Crippen LogP contribution in [-0.4, -0.2) is 22.1 Å². The summed E-state index contributed by atoms with van der Waals surface area (Å²) in [5, 5.41) is 0.715. The fraction of sp³-hybridized carbons (Fsp3) is 0.636. The molecule has 0 radical (unpaired) electrons. The number of carbonyl (C=O) groups excluding carboxylic acids is 2. The Hall–Kier alpha value is -0.0900. The van der Waals surface area contributed by atoms with E-state index in [1.807, 2.05) is 11.8 Å². The van der Waals surface area contributed by atoms with E-state index in [1.54, 1.807) is 13.0 Å². The van der Waals surface area contributed by atoms with Gasteiger partial charge in [-0.2, -0.15) is 11.8 Å². The third-order valence-electron chi connectivity index (χ3n) is 3.06. The second-order valence-corrected chi connectivity index (χ2v) is 6.42. The Morgan fingerprint density at radius 3 is 2.93 bits per heavy atom. The number of hydrogen-bond acceptors (Lipinski definition) is 3. The third-order valence-corrected chi connectivity index (χ3v) is 5.55. The Balaban J connectivity index is 2.20. The zero-order valence-corrected chi connectivity index (χ0v) is 10.9. The Morgan fingerprint density at radius 1 is 1.53 bits per heavy atom. The van der Waals surface area contributed by atoms with E-state index in [0.29, 0.717) is 16.2 Å². The van der Waals surface area contributed by atoms with Crippen LogP contribution >= 0.6 is 27.7 Å². The maximum absolute atomic E-state index is 12.0. The van der Waals surface area contributed by atoms with Gasteiger partial charge >= 0.3 is 0 Å². The summed E-state index contributed by atoms with van der Waals surface area (Å²) in [5.41, 5.74) is 0. The average Bonchev–Trinajstić information content (AvgIpc) is 2.59. The Kier molecular flexibility index (Phi) is 3.36. The summed E-state index contributed by atoms with van der Waals surface area (Å²) in [6.45, 7) is 1.81. The largest absolute Gasteiger partial charge is 0.299 e. The summed E-state index contributed by atoms with van der Waals surface area (Å²) in [6, 6.07) is 0. The lowest BCUT2D eigenvalue weighted by atomic mass is 9.93. The molecule has 0 amide bonds. The van der Waals surface area contributed by atoms with Gasteiger partial charge in [0.1, 0.15) is 5.78 Å². The SMILES string of the molecule is C/C=C(\Br)C(=O)C1C(=O)C[C@H]2CC[C@@H]1S2. The van der Waals surface area contributed by atoms with Crippen molar-refractivity contribution in [3.8, 4) is 0 Å². The molecule has 2 saturated heterocycles. The number of hydrogen-bond donors (Lipinski definition) is 0. The third kappa shape index (κ3) is 2.07. The van der Waals surface area contributed by atoms with Gasteiger partial charge < -0.3 is 0 Å². The van der Waals surface area contributed by atoms with Gasteiger partial charge in [-0.15, -0.1) is 0 Å². The van der Waals surface area contributed by atoms with Crippen LogP contribution in [0.1, 0.15) is 26.2 Å². The molecule has 0 aromatic rings. The molecular weight excluding hydrogens is 276 g/mol. The number of allylic oxidation sites excluding steroid dienone is 2. The number of rotatable bonds is 2. The Bertz CT molecular complexity index is 337. The smallest absolute Gasteiger partial charge is 0.181 e. The first-order valence-electron chi connectivity index (χ1n) is 5.17. The normalized spacial score (nSPS) is 35.7. The molecule has 2 heterocycles. The predicted molar refractivity (Wildman–Crippen MR) is 65.2 cm³/mol. The predicted octanol–water partition coefficient (Wildman–Crippen LogP) is 2.71. The molecule has 2 aliphatic heterocycles. The summed E-state index contributed by atoms with van der Waals surface area (Å²) in [5.74, 6) is -0.273. The van der Waals surface area contributed by atoms with E-state index in [-0.39, 0.29) is 22.7 Å². The van der Waals surface area contributed by atoms with Crippen LogP contribution in [0.2, 0.25) is 0 Å². The fourth-order valence-corrected chi connectivity index (χ4v) is 4.27. The highest BCUT2D eigenvalue weighted by atomic mass is 79.9. The summed E-state index contributed by atoms with van der Waals surface area (Å²) < 4.78 is 0.548. The fourth-order valence-electron chi connectivity index (χ4n) is 2.29. The van der Waals surface area contributed by atoms with E-state index < -0.39 is 0 Å². The molecule has 2 fully saturated rings. The summed E-state index contributed by atoms with van der Waals surface area (Å²) >= 11 is 5.06. The number of halogens is 1. The van der Waals surface area contributed by atoms with E-state index in [4.69, 9.17) is 0 Å². The molecule has 15 heavy (non-hydrogen) atoms. The topological polar surface area (TPSA) is 34.1 Å². The molecule has 0 aromatic heterocycles. The van der Waals surface area contributed by atoms with E-state index in [9.17, 15) is 9.59 Å². The van der Waals surface area contributed by atoms with E-state index in [1.165, 1.54) is 0 Å². The zero-order valence-electron chi connectivity index (χ0n) is 8.53. The molecule has 0 aliphatic carbocycles. The van der Waals surface area contributed by atoms with Crippen molar-refractivity contribution >= 4 is 39.3 Å². The van der Waals surface area contributed by atoms with Gasteiger partial charge in [-0.25, -0.2) is 0 Å². The first-order chi connectivity index (χ1) is 7.13. The number of fused-ring (bicyclic) bond motifs is 2. The lowest BCUT2D eigenvalue weighted by molar-refractivity contribution is -0.130. The van der Waals surface area contributed by atoms with Gasteiger partial charge in [0.15, 0.2) is 5.78 Å². The monoisotopic (exact) mass is 288 g/mol. The Morgan fingerprint density at radius 2 is 2.27 bits per heavy atom. The lowest BCUT2D eigenvalue weighted by Crippen LogP contribution is -2.36. The van der Waals surface area contributed by atoms with Gasteiger partial charge in [-0.1, -0.05) is 6.08 Å². The van der Waals surface area contributed by atoms with Gasteiger partial charge in [0, 0.05) is 16.9 Å². The first kappa shape index (κ1) is 11.4. The molecule has 4 heteroatoms. The van der Waals surface area contributed by atoms with Gasteiger partial charge in [0.2, 0.25) is 0 Å². The van der Waals surface area contributed by atoms with Crippen molar-refractivity contribution in [3.05, 3.63) is 10.6 Å². The highest BCUT2D eigenvalue weighted by Gasteiger charge is 2.45. The van der Waals surface area contributed by atoms with Gasteiger partial charge in [0.25, 0.3) is 0 Å². The molecule has 0 spiro atoms. The average molecular weight is 289 g/mol. The second-order valence-electron chi connectivity index (χ2n) is 4.02. The van der Waals surface area contributed by atoms with Crippen molar-refractivity contribution < 1.29 is 9.59 Å². The minimum absolute atomic E-state index is 0.0275. The maximum atomic E-state index is 12.0. The van der Waals surface area contributed by atoms with Crippen molar-refractivity contribution in [2.24, 2.45) is 5.92 Å². The highest BCUT2D eigenvalue weighted by molar-refractivity contribution is 9.12. The standard InChI is InChI=1S/C11H13BrO2S/c1-2-7(12)11(14)10-8(13)5-6-3-4-9(10)15-6/h2,6,9-10H,3-5H2,1H3/b7-2-/t6-,9+,10?/m1/s1. The minimum Gasteiger partial charge on any atom is -0.299 e. The zero-order chi connectivity index (χ0) is 11.0. The molecule has 0 N–H and O–H groups in total. The summed E-state index contributed by atoms with van der Waals surface area (Å²) in [4.78, 5) is 23.8. The van der Waals surface area contributed by atoms with Crippen molar-refractivity contribution in [2.75, 3.05) is 0 Å². The quantitative estimate of drug-likeness (QED) is 0.579. The number of ketones is 2. The van der Waals surface area contributed by atoms with Crippen molar-refractivity contribution in [3.63, 3.8) is 0 Å². The molecule has 3 atom stereocenters. The van der Waals surface area contributed by atoms with Crippen LogP contribution in [-0.2, 0) is 9.59 Å². The van der Waals surface area contributed by atoms with Crippen LogP contribution < -0.4 is 0 Å². The van der Waals surface area contributed by atoms with Gasteiger partial charge in [0.05, 0.1) is 10.4 Å². The lowest BCUT2D eigenvalue weighted by Gasteiger charge is -2.25. The van der Waals surface area contributed by atoms with Gasteiger partial charge in [-0.3, -0.25) is 9.59 Å². The number of carbonyl (C=O) groups is 2. The highest BCUT2D eigenvalue weighted by Crippen LogP contribution is 2.46. The minimum atomic E-state index is -0.390. The molecule has 0 saturated carbocycles. The van der Waals surface area contributed by atoms with E-state index >= 15 is 0 Å². The first-order valence-corrected chi connectivity index (χ1v) is 6.91. The van der Waals surface area contributed by atoms with Gasteiger partial charge in [-0.05, 0) is 35.7 Å². The summed E-state index contributed by atoms with van der Waals surface area (Å²) in [6.07, 6.45) is 4.42. The van der Waals surface area contributed by atoms with Crippen LogP contribution in [0.4, 0.5) is 0 Å². The molecule has 2 aliphatic rings. The van der Waals surface area contributed by atoms with Crippen LogP contribution in [0.25, 0.3) is 0 Å². The molecule has 2 bridgehead atoms. The van der Waals surface area contributed by atoms with Crippen LogP contribution in [0.3, 0.4) is 0 Å². The maximum Gasteiger partial charge on any atom is 0.181 e. The Labute approximate surface area is 102 Å². The van der Waals surface area contributed by atoms with Crippen LogP contribution in [0, 0.1) is 5.92 Å². The van der Waals surface area contributed by atoms with Crippen molar-refractivity contribution in [1.82, 2.24) is 0 Å². The molecule has 2 nitrogen and oxygen atoms in total. The molecular formula is C11H13BrO2S. The van der Waals surface area contributed by atoms with E-state index in [2.05, 4.69) is 15.9 Å².